The molecule has 3 aromatic rings. The van der Waals surface area contributed by atoms with Crippen molar-refractivity contribution in [3.63, 3.8) is 0 Å². The molecule has 0 spiro atoms. The van der Waals surface area contributed by atoms with Crippen LogP contribution in [0.3, 0.4) is 0 Å². The van der Waals surface area contributed by atoms with E-state index in [2.05, 4.69) is 20.3 Å². The van der Waals surface area contributed by atoms with Crippen molar-refractivity contribution < 1.29 is 14.3 Å². The smallest absolute Gasteiger partial charge is 0.278 e. The highest BCUT2D eigenvalue weighted by atomic mass is 16.5. The third-order valence-electron chi connectivity index (χ3n) is 3.56. The molecular weight excluding hydrogens is 324 g/mol. The van der Waals surface area contributed by atoms with Gasteiger partial charge in [0.1, 0.15) is 0 Å². The van der Waals surface area contributed by atoms with Gasteiger partial charge in [0.05, 0.1) is 19.7 Å². The van der Waals surface area contributed by atoms with E-state index in [1.165, 1.54) is 6.92 Å². The molecule has 2 aromatic heterocycles. The first-order valence-corrected chi connectivity index (χ1v) is 7.42. The van der Waals surface area contributed by atoms with Crippen LogP contribution < -0.4 is 20.3 Å². The zero-order valence-corrected chi connectivity index (χ0v) is 13.9. The van der Waals surface area contributed by atoms with Crippen LogP contribution in [0.25, 0.3) is 22.2 Å². The van der Waals surface area contributed by atoms with Gasteiger partial charge in [-0.25, -0.2) is 9.97 Å². The molecule has 0 saturated carbocycles. The molecule has 25 heavy (non-hydrogen) atoms. The maximum Gasteiger partial charge on any atom is 0.278 e. The van der Waals surface area contributed by atoms with Crippen molar-refractivity contribution in [1.82, 2.24) is 15.0 Å². The number of hydrogen-bond acceptors (Lipinski definition) is 6. The minimum Gasteiger partial charge on any atom is -0.493 e. The summed E-state index contributed by atoms with van der Waals surface area (Å²) < 4.78 is 10.5. The molecule has 2 N–H and O–H groups in total. The van der Waals surface area contributed by atoms with Crippen LogP contribution in [0.4, 0.5) is 5.95 Å². The van der Waals surface area contributed by atoms with Crippen LogP contribution in [0.1, 0.15) is 6.92 Å². The van der Waals surface area contributed by atoms with Crippen molar-refractivity contribution in [2.24, 2.45) is 0 Å². The largest absolute Gasteiger partial charge is 0.493 e. The Bertz CT molecular complexity index is 1010. The Hall–Kier alpha value is -3.42. The molecule has 1 amide bonds. The lowest BCUT2D eigenvalue weighted by molar-refractivity contribution is -0.114. The minimum atomic E-state index is -0.424. The van der Waals surface area contributed by atoms with E-state index >= 15 is 0 Å². The molecule has 1 aromatic carbocycles. The fourth-order valence-electron chi connectivity index (χ4n) is 2.43. The van der Waals surface area contributed by atoms with Crippen LogP contribution in [0, 0.1) is 0 Å². The molecule has 0 bridgehead atoms. The maximum atomic E-state index is 12.1. The zero-order valence-electron chi connectivity index (χ0n) is 13.9. The molecule has 0 fully saturated rings. The van der Waals surface area contributed by atoms with E-state index in [4.69, 9.17) is 9.47 Å². The van der Waals surface area contributed by atoms with Gasteiger partial charge in [-0.2, -0.15) is 0 Å². The van der Waals surface area contributed by atoms with Crippen LogP contribution in [0.5, 0.6) is 11.5 Å². The Morgan fingerprint density at radius 3 is 2.56 bits per heavy atom. The number of methoxy groups -OCH3 is 2. The van der Waals surface area contributed by atoms with Crippen LogP contribution in [-0.2, 0) is 4.79 Å². The summed E-state index contributed by atoms with van der Waals surface area (Å²) in [6.07, 6.45) is 1.58. The van der Waals surface area contributed by atoms with Gasteiger partial charge in [0.2, 0.25) is 11.9 Å². The van der Waals surface area contributed by atoms with Crippen LogP contribution in [0.2, 0.25) is 0 Å². The molecule has 0 aliphatic carbocycles. The second-order valence-electron chi connectivity index (χ2n) is 5.26. The number of nitrogens with zero attached hydrogens (tertiary/aromatic N) is 2. The number of H-pyrrole nitrogens is 1. The molecule has 0 aliphatic heterocycles. The molecule has 0 unspecified atom stereocenters. The number of ether oxygens (including phenoxy) is 2. The van der Waals surface area contributed by atoms with E-state index in [1.807, 2.05) is 12.1 Å². The SMILES string of the molecule is COc1ccc(-c2cnc3c(=O)[nH]c(NC(C)=O)nc3c2)cc1OC. The Morgan fingerprint density at radius 2 is 1.88 bits per heavy atom. The lowest BCUT2D eigenvalue weighted by atomic mass is 10.1. The number of hydrogen-bond donors (Lipinski definition) is 2. The van der Waals surface area contributed by atoms with Crippen LogP contribution in [-0.4, -0.2) is 35.1 Å². The number of aromatic nitrogens is 3. The summed E-state index contributed by atoms with van der Waals surface area (Å²) in [6.45, 7) is 1.34. The van der Waals surface area contributed by atoms with Gasteiger partial charge >= 0.3 is 0 Å². The molecule has 0 saturated heterocycles. The molecule has 128 valence electrons. The van der Waals surface area contributed by atoms with Crippen LogP contribution >= 0.6 is 0 Å². The summed E-state index contributed by atoms with van der Waals surface area (Å²) in [6, 6.07) is 7.17. The number of amides is 1. The standard InChI is InChI=1S/C17H16N4O4/c1-9(22)19-17-20-12-6-11(8-18-15(12)16(23)21-17)10-4-5-13(24-2)14(7-10)25-3/h4-8H,1-3H3,(H2,19,20,21,22,23). The highest BCUT2D eigenvalue weighted by molar-refractivity contribution is 5.88. The number of carbonyl (C=O) groups excluding carboxylic acids is 1. The number of rotatable bonds is 4. The molecule has 2 heterocycles. The van der Waals surface area contributed by atoms with E-state index < -0.39 is 5.56 Å². The third-order valence-corrected chi connectivity index (χ3v) is 3.56. The summed E-state index contributed by atoms with van der Waals surface area (Å²) in [5.74, 6) is 0.947. The van der Waals surface area contributed by atoms with Gasteiger partial charge in [0.15, 0.2) is 17.0 Å². The first-order valence-electron chi connectivity index (χ1n) is 7.42. The first kappa shape index (κ1) is 16.4. The number of anilines is 1. The minimum absolute atomic E-state index is 0.0799. The molecule has 0 atom stereocenters. The first-order chi connectivity index (χ1) is 12.0. The Balaban J connectivity index is 2.11. The molecule has 0 aliphatic rings. The Morgan fingerprint density at radius 1 is 1.12 bits per heavy atom. The van der Waals surface area contributed by atoms with Gasteiger partial charge < -0.3 is 9.47 Å². The molecule has 3 rings (SSSR count). The lowest BCUT2D eigenvalue weighted by Gasteiger charge is -2.10. The monoisotopic (exact) mass is 340 g/mol. The van der Waals surface area contributed by atoms with E-state index in [0.29, 0.717) is 17.0 Å². The fraction of sp³-hybridized carbons (Fsp3) is 0.176. The highest BCUT2D eigenvalue weighted by Gasteiger charge is 2.10. The van der Waals surface area contributed by atoms with E-state index in [-0.39, 0.29) is 17.4 Å². The normalized spacial score (nSPS) is 10.5. The number of aromatic amines is 1. The van der Waals surface area contributed by atoms with E-state index in [9.17, 15) is 9.59 Å². The Labute approximate surface area is 142 Å². The number of benzene rings is 1. The zero-order chi connectivity index (χ0) is 18.0. The highest BCUT2D eigenvalue weighted by Crippen LogP contribution is 2.32. The second kappa shape index (κ2) is 6.60. The number of nitrogens with one attached hydrogen (secondary N) is 2. The summed E-state index contributed by atoms with van der Waals surface area (Å²) in [5, 5.41) is 2.46. The second-order valence-corrected chi connectivity index (χ2v) is 5.26. The number of fused-ring (bicyclic) bond motifs is 1. The maximum absolute atomic E-state index is 12.1. The van der Waals surface area contributed by atoms with E-state index in [0.717, 1.165) is 11.1 Å². The van der Waals surface area contributed by atoms with Crippen molar-refractivity contribution in [1.29, 1.82) is 0 Å². The third kappa shape index (κ3) is 3.27. The van der Waals surface area contributed by atoms with Gasteiger partial charge in [-0.15, -0.1) is 0 Å². The van der Waals surface area contributed by atoms with Gasteiger partial charge in [0, 0.05) is 18.7 Å². The fourth-order valence-corrected chi connectivity index (χ4v) is 2.43. The molecule has 8 nitrogen and oxygen atoms in total. The average molecular weight is 340 g/mol. The summed E-state index contributed by atoms with van der Waals surface area (Å²) in [7, 11) is 3.12. The molecular formula is C17H16N4O4. The summed E-state index contributed by atoms with van der Waals surface area (Å²) >= 11 is 0. The Kier molecular flexibility index (Phi) is 4.34. The quantitative estimate of drug-likeness (QED) is 0.752. The molecule has 8 heteroatoms. The topological polar surface area (TPSA) is 106 Å². The van der Waals surface area contributed by atoms with Crippen molar-refractivity contribution in [2.45, 2.75) is 6.92 Å². The summed E-state index contributed by atoms with van der Waals surface area (Å²) in [5.41, 5.74) is 1.72. The molecule has 0 radical (unpaired) electrons. The van der Waals surface area contributed by atoms with Crippen molar-refractivity contribution in [3.05, 3.63) is 40.8 Å². The van der Waals surface area contributed by atoms with Crippen molar-refractivity contribution in [2.75, 3.05) is 19.5 Å². The average Bonchev–Trinajstić information content (AvgIpc) is 2.60. The predicted octanol–water partition coefficient (Wildman–Crippen LogP) is 1.96. The number of carbonyl (C=O) groups is 1. The van der Waals surface area contributed by atoms with Crippen molar-refractivity contribution in [3.8, 4) is 22.6 Å². The lowest BCUT2D eigenvalue weighted by Crippen LogP contribution is -2.16. The van der Waals surface area contributed by atoms with Gasteiger partial charge in [-0.1, -0.05) is 6.07 Å². The van der Waals surface area contributed by atoms with Crippen LogP contribution in [0.15, 0.2) is 35.3 Å². The van der Waals surface area contributed by atoms with Gasteiger partial charge in [-0.05, 0) is 23.8 Å². The predicted molar refractivity (Wildman–Crippen MR) is 93.0 cm³/mol. The number of pyridine rings is 1. The summed E-state index contributed by atoms with van der Waals surface area (Å²) in [4.78, 5) is 34.1. The van der Waals surface area contributed by atoms with Gasteiger partial charge in [-0.3, -0.25) is 19.9 Å². The van der Waals surface area contributed by atoms with E-state index in [1.54, 1.807) is 32.5 Å². The van der Waals surface area contributed by atoms with Crippen molar-refractivity contribution >= 4 is 22.9 Å². The van der Waals surface area contributed by atoms with Gasteiger partial charge in [0.25, 0.3) is 5.56 Å².